The van der Waals surface area contributed by atoms with Gasteiger partial charge in [0.1, 0.15) is 16.4 Å². The number of hydrogen-bond acceptors (Lipinski definition) is 6. The third-order valence-electron chi connectivity index (χ3n) is 4.38. The zero-order chi connectivity index (χ0) is 19.0. The molecular formula is C20H19N5OS. The number of aryl methyl sites for hydroxylation is 2. The SMILES string of the molecule is COc1ccccc1-n1nnc(-c2nc(-c3ccc(C)cc3C)cs2)c1N. The summed E-state index contributed by atoms with van der Waals surface area (Å²) in [6.07, 6.45) is 0. The Labute approximate surface area is 161 Å². The van der Waals surface area contributed by atoms with Crippen molar-refractivity contribution in [3.8, 4) is 33.4 Å². The second-order valence-electron chi connectivity index (χ2n) is 6.26. The topological polar surface area (TPSA) is 78.8 Å². The van der Waals surface area contributed by atoms with E-state index in [-0.39, 0.29) is 0 Å². The van der Waals surface area contributed by atoms with E-state index in [2.05, 4.69) is 42.4 Å². The minimum Gasteiger partial charge on any atom is -0.494 e. The number of aromatic nitrogens is 4. The van der Waals surface area contributed by atoms with E-state index in [1.807, 2.05) is 29.6 Å². The molecule has 2 N–H and O–H groups in total. The van der Waals surface area contributed by atoms with Crippen LogP contribution in [0.15, 0.2) is 47.8 Å². The summed E-state index contributed by atoms with van der Waals surface area (Å²) in [5.74, 6) is 1.11. The normalized spacial score (nSPS) is 10.9. The molecular weight excluding hydrogens is 358 g/mol. The third kappa shape index (κ3) is 3.06. The first-order valence-electron chi connectivity index (χ1n) is 8.46. The van der Waals surface area contributed by atoms with Gasteiger partial charge in [0.05, 0.1) is 12.8 Å². The Morgan fingerprint density at radius 2 is 1.93 bits per heavy atom. The minimum absolute atomic E-state index is 0.432. The minimum atomic E-state index is 0.432. The molecule has 0 aliphatic heterocycles. The summed E-state index contributed by atoms with van der Waals surface area (Å²) in [6.45, 7) is 4.17. The molecule has 4 aromatic rings. The highest BCUT2D eigenvalue weighted by atomic mass is 32.1. The van der Waals surface area contributed by atoms with Crippen molar-refractivity contribution >= 4 is 17.2 Å². The first kappa shape index (κ1) is 17.2. The van der Waals surface area contributed by atoms with E-state index in [0.717, 1.165) is 22.0 Å². The van der Waals surface area contributed by atoms with Crippen LogP contribution in [0.2, 0.25) is 0 Å². The van der Waals surface area contributed by atoms with Crippen molar-refractivity contribution < 1.29 is 4.74 Å². The summed E-state index contributed by atoms with van der Waals surface area (Å²) in [5.41, 5.74) is 12.1. The Hall–Kier alpha value is -3.19. The fourth-order valence-electron chi connectivity index (χ4n) is 3.03. The van der Waals surface area contributed by atoms with Crippen LogP contribution in [0.4, 0.5) is 5.82 Å². The van der Waals surface area contributed by atoms with Crippen molar-refractivity contribution in [1.29, 1.82) is 0 Å². The zero-order valence-electron chi connectivity index (χ0n) is 15.3. The van der Waals surface area contributed by atoms with E-state index >= 15 is 0 Å². The predicted octanol–water partition coefficient (Wildman–Crippen LogP) is 4.27. The number of anilines is 1. The number of nitrogens with two attached hydrogens (primary N) is 1. The molecule has 136 valence electrons. The number of hydrogen-bond donors (Lipinski definition) is 1. The Balaban J connectivity index is 1.74. The number of thiazole rings is 1. The highest BCUT2D eigenvalue weighted by Gasteiger charge is 2.19. The summed E-state index contributed by atoms with van der Waals surface area (Å²) in [7, 11) is 1.61. The molecule has 7 heteroatoms. The average molecular weight is 377 g/mol. The first-order chi connectivity index (χ1) is 13.1. The lowest BCUT2D eigenvalue weighted by atomic mass is 10.0. The van der Waals surface area contributed by atoms with Gasteiger partial charge in [0.2, 0.25) is 0 Å². The van der Waals surface area contributed by atoms with Gasteiger partial charge in [-0.15, -0.1) is 16.4 Å². The van der Waals surface area contributed by atoms with Gasteiger partial charge < -0.3 is 10.5 Å². The maximum absolute atomic E-state index is 6.34. The van der Waals surface area contributed by atoms with Crippen molar-refractivity contribution in [2.75, 3.05) is 12.8 Å². The molecule has 0 saturated heterocycles. The van der Waals surface area contributed by atoms with E-state index in [9.17, 15) is 0 Å². The lowest BCUT2D eigenvalue weighted by molar-refractivity contribution is 0.411. The monoisotopic (exact) mass is 377 g/mol. The van der Waals surface area contributed by atoms with Gasteiger partial charge in [-0.1, -0.05) is 41.1 Å². The van der Waals surface area contributed by atoms with Gasteiger partial charge in [-0.3, -0.25) is 0 Å². The second-order valence-corrected chi connectivity index (χ2v) is 7.12. The lowest BCUT2D eigenvalue weighted by Gasteiger charge is -2.08. The fraction of sp³-hybridized carbons (Fsp3) is 0.150. The standard InChI is InChI=1S/C20H19N5OS/c1-12-8-9-14(13(2)10-12)15-11-27-20(22-15)18-19(21)25(24-23-18)16-6-4-5-7-17(16)26-3/h4-11H,21H2,1-3H3. The first-order valence-corrected chi connectivity index (χ1v) is 9.34. The molecule has 2 aromatic heterocycles. The summed E-state index contributed by atoms with van der Waals surface area (Å²) in [6, 6.07) is 13.9. The van der Waals surface area contributed by atoms with Crippen LogP contribution in [0.3, 0.4) is 0 Å². The molecule has 0 spiro atoms. The van der Waals surface area contributed by atoms with Crippen molar-refractivity contribution in [2.24, 2.45) is 0 Å². The molecule has 0 fully saturated rings. The lowest BCUT2D eigenvalue weighted by Crippen LogP contribution is -2.04. The maximum atomic E-state index is 6.34. The molecule has 0 unspecified atom stereocenters. The van der Waals surface area contributed by atoms with E-state index in [0.29, 0.717) is 17.3 Å². The number of benzene rings is 2. The summed E-state index contributed by atoms with van der Waals surface area (Å²) in [5, 5.41) is 11.2. The summed E-state index contributed by atoms with van der Waals surface area (Å²) >= 11 is 1.50. The molecule has 0 bridgehead atoms. The van der Waals surface area contributed by atoms with Gasteiger partial charge in [-0.2, -0.15) is 4.68 Å². The molecule has 2 aromatic carbocycles. The van der Waals surface area contributed by atoms with Crippen LogP contribution >= 0.6 is 11.3 Å². The zero-order valence-corrected chi connectivity index (χ0v) is 16.1. The largest absolute Gasteiger partial charge is 0.494 e. The van der Waals surface area contributed by atoms with E-state index in [1.165, 1.54) is 22.5 Å². The van der Waals surface area contributed by atoms with Crippen LogP contribution in [0.1, 0.15) is 11.1 Å². The van der Waals surface area contributed by atoms with Crippen molar-refractivity contribution in [3.63, 3.8) is 0 Å². The van der Waals surface area contributed by atoms with Gasteiger partial charge in [0, 0.05) is 10.9 Å². The Morgan fingerprint density at radius 3 is 2.70 bits per heavy atom. The predicted molar refractivity (Wildman–Crippen MR) is 108 cm³/mol. The Bertz CT molecular complexity index is 1120. The molecule has 6 nitrogen and oxygen atoms in total. The molecule has 0 radical (unpaired) electrons. The number of nitrogens with zero attached hydrogens (tertiary/aromatic N) is 4. The number of ether oxygens (including phenoxy) is 1. The Kier molecular flexibility index (Phi) is 4.37. The summed E-state index contributed by atoms with van der Waals surface area (Å²) < 4.78 is 6.97. The number of rotatable bonds is 4. The van der Waals surface area contributed by atoms with Gasteiger partial charge in [0.25, 0.3) is 0 Å². The molecule has 27 heavy (non-hydrogen) atoms. The number of methoxy groups -OCH3 is 1. The quantitative estimate of drug-likeness (QED) is 0.575. The number of nitrogen functional groups attached to an aromatic ring is 1. The van der Waals surface area contributed by atoms with Crippen molar-refractivity contribution in [3.05, 3.63) is 59.0 Å². The highest BCUT2D eigenvalue weighted by Crippen LogP contribution is 2.34. The van der Waals surface area contributed by atoms with Crippen molar-refractivity contribution in [2.45, 2.75) is 13.8 Å². The molecule has 0 aliphatic rings. The maximum Gasteiger partial charge on any atom is 0.165 e. The van der Waals surface area contributed by atoms with E-state index < -0.39 is 0 Å². The van der Waals surface area contributed by atoms with Gasteiger partial charge in [-0.05, 0) is 31.5 Å². The van der Waals surface area contributed by atoms with Crippen molar-refractivity contribution in [1.82, 2.24) is 20.0 Å². The van der Waals surface area contributed by atoms with E-state index in [1.54, 1.807) is 11.8 Å². The van der Waals surface area contributed by atoms with Crippen LogP contribution in [0, 0.1) is 13.8 Å². The smallest absolute Gasteiger partial charge is 0.165 e. The summed E-state index contributed by atoms with van der Waals surface area (Å²) in [4.78, 5) is 4.74. The molecule has 0 atom stereocenters. The van der Waals surface area contributed by atoms with Gasteiger partial charge in [-0.25, -0.2) is 4.98 Å². The van der Waals surface area contributed by atoms with Gasteiger partial charge >= 0.3 is 0 Å². The van der Waals surface area contributed by atoms with Crippen LogP contribution < -0.4 is 10.5 Å². The van der Waals surface area contributed by atoms with Gasteiger partial charge in [0.15, 0.2) is 11.5 Å². The molecule has 4 rings (SSSR count). The fourth-order valence-corrected chi connectivity index (χ4v) is 3.84. The average Bonchev–Trinajstić information content (AvgIpc) is 3.28. The molecule has 0 amide bonds. The van der Waals surface area contributed by atoms with Crippen LogP contribution in [-0.2, 0) is 0 Å². The van der Waals surface area contributed by atoms with Crippen LogP contribution in [0.5, 0.6) is 5.75 Å². The van der Waals surface area contributed by atoms with E-state index in [4.69, 9.17) is 15.5 Å². The highest BCUT2D eigenvalue weighted by molar-refractivity contribution is 7.13. The van der Waals surface area contributed by atoms with Crippen LogP contribution in [0.25, 0.3) is 27.6 Å². The molecule has 0 aliphatic carbocycles. The third-order valence-corrected chi connectivity index (χ3v) is 5.23. The Morgan fingerprint density at radius 1 is 1.11 bits per heavy atom. The number of para-hydroxylation sites is 2. The van der Waals surface area contributed by atoms with Crippen LogP contribution in [-0.4, -0.2) is 27.1 Å². The molecule has 0 saturated carbocycles. The second kappa shape index (κ2) is 6.85. The molecule has 2 heterocycles.